The van der Waals surface area contributed by atoms with Gasteiger partial charge in [-0.3, -0.25) is 14.6 Å². The van der Waals surface area contributed by atoms with Crippen LogP contribution in [-0.2, 0) is 29.1 Å². The first-order valence-corrected chi connectivity index (χ1v) is 8.59. The van der Waals surface area contributed by atoms with E-state index in [0.717, 1.165) is 17.8 Å². The zero-order valence-electron chi connectivity index (χ0n) is 17.3. The minimum atomic E-state index is -0.187. The Morgan fingerprint density at radius 3 is 1.34 bits per heavy atom. The molecule has 1 radical (unpaired) electrons. The molecule has 0 aliphatic carbocycles. The molecule has 0 aliphatic rings. The summed E-state index contributed by atoms with van der Waals surface area (Å²) >= 11 is 5.72. The number of aliphatic imine (C=N–C) groups is 1. The molecule has 0 heterocycles. The molecule has 0 spiro atoms. The van der Waals surface area contributed by atoms with E-state index in [1.165, 1.54) is 40.7 Å². The van der Waals surface area contributed by atoms with Crippen LogP contribution in [0.2, 0.25) is 5.02 Å². The Balaban J connectivity index is -0.000000384. The van der Waals surface area contributed by atoms with E-state index >= 15 is 0 Å². The van der Waals surface area contributed by atoms with Gasteiger partial charge in [0.25, 0.3) is 0 Å². The fourth-order valence-electron chi connectivity index (χ4n) is 1.62. The number of hydrogen-bond acceptors (Lipinski definition) is 6. The third-order valence-electron chi connectivity index (χ3n) is 2.36. The summed E-state index contributed by atoms with van der Waals surface area (Å²) in [4.78, 5) is 24.2. The fraction of sp³-hybridized carbons (Fsp3) is 0.286. The molecule has 29 heavy (non-hydrogen) atoms. The summed E-state index contributed by atoms with van der Waals surface area (Å²) in [6.45, 7) is 8.68. The average molecular weight is 508 g/mol. The van der Waals surface area contributed by atoms with Gasteiger partial charge in [0.2, 0.25) is 0 Å². The van der Waals surface area contributed by atoms with E-state index in [1.807, 2.05) is 0 Å². The van der Waals surface area contributed by atoms with Crippen LogP contribution in [0.25, 0.3) is 0 Å². The molecule has 0 fully saturated rings. The zero-order chi connectivity index (χ0) is 22.3. The molecule has 0 aromatic heterocycles. The molecule has 6 nitrogen and oxygen atoms in total. The van der Waals surface area contributed by atoms with Crippen molar-refractivity contribution in [2.75, 3.05) is 0 Å². The summed E-state index contributed by atoms with van der Waals surface area (Å²) in [5.41, 5.74) is 1.49. The van der Waals surface area contributed by atoms with Crippen molar-refractivity contribution in [2.45, 2.75) is 41.5 Å². The van der Waals surface area contributed by atoms with Crippen molar-refractivity contribution in [1.82, 2.24) is 0 Å². The minimum absolute atomic E-state index is 0. The van der Waals surface area contributed by atoms with Crippen molar-refractivity contribution in [2.24, 2.45) is 4.99 Å². The maximum absolute atomic E-state index is 10.7. The molecule has 0 saturated carbocycles. The summed E-state index contributed by atoms with van der Waals surface area (Å²) in [7, 11) is 0. The molecule has 0 bridgehead atoms. The average Bonchev–Trinajstić information content (AvgIpc) is 2.47. The van der Waals surface area contributed by atoms with Gasteiger partial charge in [0.1, 0.15) is 0 Å². The molecule has 1 rings (SSSR count). The predicted octanol–water partition coefficient (Wildman–Crippen LogP) is 2.37. The first-order chi connectivity index (χ1) is 12.8. The third kappa shape index (κ3) is 25.8. The van der Waals surface area contributed by atoms with E-state index in [0.29, 0.717) is 10.7 Å². The number of halogens is 1. The van der Waals surface area contributed by atoms with Gasteiger partial charge in [0.05, 0.1) is 5.69 Å². The third-order valence-corrected chi connectivity index (χ3v) is 2.61. The SMILES string of the molecule is CC(/C=C(/C)[O-])=Nc1ccc(Cl)cc1.CC(=O)/C=C(/C)[O-].CC(=O)/C=C(/C)[O-].[Ru+3]. The summed E-state index contributed by atoms with van der Waals surface area (Å²) in [6, 6.07) is 7.14. The van der Waals surface area contributed by atoms with Crippen molar-refractivity contribution in [3.8, 4) is 0 Å². The number of ketones is 2. The van der Waals surface area contributed by atoms with Gasteiger partial charge in [-0.25, -0.2) is 0 Å². The summed E-state index contributed by atoms with van der Waals surface area (Å²) in [6.07, 6.45) is 3.61. The van der Waals surface area contributed by atoms with Crippen LogP contribution in [0.5, 0.6) is 0 Å². The maximum Gasteiger partial charge on any atom is 3.00 e. The quantitative estimate of drug-likeness (QED) is 0.268. The van der Waals surface area contributed by atoms with Gasteiger partial charge in [0.15, 0.2) is 11.6 Å². The van der Waals surface area contributed by atoms with Gasteiger partial charge in [-0.1, -0.05) is 38.4 Å². The van der Waals surface area contributed by atoms with Crippen LogP contribution < -0.4 is 15.3 Å². The first kappa shape index (κ1) is 31.5. The first-order valence-electron chi connectivity index (χ1n) is 8.21. The van der Waals surface area contributed by atoms with Crippen LogP contribution in [0.15, 0.2) is 64.8 Å². The predicted molar refractivity (Wildman–Crippen MR) is 107 cm³/mol. The topological polar surface area (TPSA) is 116 Å². The van der Waals surface area contributed by atoms with Gasteiger partial charge in [-0.05, 0) is 57.2 Å². The van der Waals surface area contributed by atoms with Gasteiger partial charge in [0, 0.05) is 10.7 Å². The van der Waals surface area contributed by atoms with E-state index in [1.54, 1.807) is 31.2 Å². The molecule has 1 aromatic rings. The Bertz CT molecular complexity index is 726. The molecular weight excluding hydrogens is 483 g/mol. The number of nitrogens with zero attached hydrogens (tertiary/aromatic N) is 1. The summed E-state index contributed by atoms with van der Waals surface area (Å²) < 4.78 is 0. The number of carbonyl (C=O) groups excluding carboxylic acids is 2. The molecule has 0 amide bonds. The van der Waals surface area contributed by atoms with Crippen LogP contribution >= 0.6 is 11.6 Å². The molecule has 0 aliphatic heterocycles. The van der Waals surface area contributed by atoms with Crippen LogP contribution in [-0.4, -0.2) is 17.3 Å². The zero-order valence-corrected chi connectivity index (χ0v) is 19.8. The molecular formula is C21H25ClNO5Ru. The molecule has 8 heteroatoms. The molecule has 159 valence electrons. The van der Waals surface area contributed by atoms with Gasteiger partial charge in [-0.15, -0.1) is 17.3 Å². The monoisotopic (exact) mass is 508 g/mol. The van der Waals surface area contributed by atoms with Crippen LogP contribution in [0.1, 0.15) is 41.5 Å². The maximum atomic E-state index is 10.7. The largest absolute Gasteiger partial charge is 3.00 e. The van der Waals surface area contributed by atoms with Gasteiger partial charge in [-0.2, -0.15) is 0 Å². The number of hydrogen-bond donors (Lipinski definition) is 0. The Morgan fingerprint density at radius 1 is 0.759 bits per heavy atom. The van der Waals surface area contributed by atoms with Crippen molar-refractivity contribution < 1.29 is 44.4 Å². The second-order valence-corrected chi connectivity index (χ2v) is 6.15. The number of benzene rings is 1. The Labute approximate surface area is 190 Å². The second kappa shape index (κ2) is 17.8. The van der Waals surface area contributed by atoms with E-state index in [2.05, 4.69) is 4.99 Å². The number of allylic oxidation sites excluding steroid dienone is 6. The van der Waals surface area contributed by atoms with Gasteiger partial charge >= 0.3 is 19.5 Å². The normalized spacial score (nSPS) is 11.8. The van der Waals surface area contributed by atoms with Crippen molar-refractivity contribution in [3.63, 3.8) is 0 Å². The molecule has 0 atom stereocenters. The van der Waals surface area contributed by atoms with Crippen molar-refractivity contribution in [1.29, 1.82) is 0 Å². The second-order valence-electron chi connectivity index (χ2n) is 5.72. The standard InChI is InChI=1S/C11H12ClNO.2C5H8O2.Ru/c1-8(7-9(2)14)13-11-5-3-10(12)4-6-11;2*1-4(6)3-5(2)7;/h3-7,14H,1-2H3;2*3,6H,1-2H3;/q;;;+3/p-3/b9-7-,13-8?;2*4-3-;. The molecule has 0 unspecified atom stereocenters. The fourth-order valence-corrected chi connectivity index (χ4v) is 1.74. The van der Waals surface area contributed by atoms with E-state index < -0.39 is 0 Å². The number of rotatable bonds is 4. The molecule has 0 N–H and O–H groups in total. The smallest absolute Gasteiger partial charge is 0.876 e. The summed E-state index contributed by atoms with van der Waals surface area (Å²) in [5, 5.41) is 31.4. The Morgan fingerprint density at radius 2 is 1.10 bits per heavy atom. The van der Waals surface area contributed by atoms with Crippen LogP contribution in [0.3, 0.4) is 0 Å². The molecule has 1 aromatic carbocycles. The van der Waals surface area contributed by atoms with Crippen LogP contribution in [0, 0.1) is 0 Å². The Hall–Kier alpha value is -2.24. The van der Waals surface area contributed by atoms with Gasteiger partial charge < -0.3 is 15.3 Å². The van der Waals surface area contributed by atoms with E-state index in [-0.39, 0.29) is 48.3 Å². The van der Waals surface area contributed by atoms with Crippen molar-refractivity contribution in [3.05, 3.63) is 64.8 Å². The van der Waals surface area contributed by atoms with Crippen LogP contribution in [0.4, 0.5) is 5.69 Å². The number of carbonyl (C=O) groups is 2. The van der Waals surface area contributed by atoms with Crippen molar-refractivity contribution >= 4 is 34.6 Å². The van der Waals surface area contributed by atoms with E-state index in [9.17, 15) is 24.9 Å². The van der Waals surface area contributed by atoms with E-state index in [4.69, 9.17) is 11.6 Å². The minimum Gasteiger partial charge on any atom is -0.876 e. The Kier molecular flexibility index (Phi) is 19.3. The summed E-state index contributed by atoms with van der Waals surface area (Å²) in [5.74, 6) is -0.750. The molecule has 0 saturated heterocycles.